The highest BCUT2D eigenvalue weighted by Crippen LogP contribution is 2.32. The smallest absolute Gasteiger partial charge is 0.224 e. The molecule has 3 nitrogen and oxygen atoms in total. The number of carbonyl (C=O) groups is 1. The van der Waals surface area contributed by atoms with Crippen molar-refractivity contribution in [2.45, 2.75) is 26.2 Å². The first-order valence-electron chi connectivity index (χ1n) is 8.98. The third kappa shape index (κ3) is 5.87. The first-order valence-corrected chi connectivity index (χ1v) is 9.36. The van der Waals surface area contributed by atoms with Crippen LogP contribution in [0.4, 0.5) is 5.69 Å². The molecule has 0 radical (unpaired) electrons. The van der Waals surface area contributed by atoms with Crippen molar-refractivity contribution in [3.63, 3.8) is 0 Å². The van der Waals surface area contributed by atoms with Crippen LogP contribution >= 0.6 is 11.6 Å². The van der Waals surface area contributed by atoms with Crippen LogP contribution in [0.25, 0.3) is 0 Å². The molecule has 0 bridgehead atoms. The number of carbonyl (C=O) groups excluding carboxylic acids is 1. The molecule has 0 saturated heterocycles. The summed E-state index contributed by atoms with van der Waals surface area (Å²) < 4.78 is 5.88. The summed E-state index contributed by atoms with van der Waals surface area (Å²) in [5.41, 5.74) is 3.05. The number of anilines is 1. The number of hydrogen-bond donors (Lipinski definition) is 1. The van der Waals surface area contributed by atoms with Crippen LogP contribution in [-0.2, 0) is 11.2 Å². The number of benzene rings is 3. The molecule has 0 fully saturated rings. The van der Waals surface area contributed by atoms with Crippen LogP contribution < -0.4 is 10.1 Å². The zero-order chi connectivity index (χ0) is 19.1. The van der Waals surface area contributed by atoms with Crippen molar-refractivity contribution in [3.8, 4) is 11.5 Å². The van der Waals surface area contributed by atoms with Crippen molar-refractivity contribution >= 4 is 23.2 Å². The summed E-state index contributed by atoms with van der Waals surface area (Å²) in [4.78, 5) is 12.4. The van der Waals surface area contributed by atoms with Crippen LogP contribution in [0, 0.1) is 6.92 Å². The summed E-state index contributed by atoms with van der Waals surface area (Å²) in [5, 5.41) is 3.47. The molecule has 0 heterocycles. The second-order valence-corrected chi connectivity index (χ2v) is 6.88. The van der Waals surface area contributed by atoms with Crippen LogP contribution in [0.1, 0.15) is 24.0 Å². The van der Waals surface area contributed by atoms with Gasteiger partial charge in [0.15, 0.2) is 5.75 Å². The molecule has 0 aliphatic heterocycles. The molecule has 1 N–H and O–H groups in total. The first kappa shape index (κ1) is 19.0. The van der Waals surface area contributed by atoms with Gasteiger partial charge in [0.2, 0.25) is 5.91 Å². The van der Waals surface area contributed by atoms with Crippen LogP contribution in [0.2, 0.25) is 5.02 Å². The zero-order valence-electron chi connectivity index (χ0n) is 15.2. The average Bonchev–Trinajstić information content (AvgIpc) is 2.66. The molecule has 1 amide bonds. The molecule has 4 heteroatoms. The molecule has 0 aliphatic carbocycles. The number of halogens is 1. The Morgan fingerprint density at radius 3 is 2.48 bits per heavy atom. The van der Waals surface area contributed by atoms with E-state index in [0.717, 1.165) is 12.8 Å². The summed E-state index contributed by atoms with van der Waals surface area (Å²) >= 11 is 6.09. The van der Waals surface area contributed by atoms with Crippen LogP contribution in [0.5, 0.6) is 11.5 Å². The third-order valence-corrected chi connectivity index (χ3v) is 4.41. The van der Waals surface area contributed by atoms with Crippen molar-refractivity contribution in [1.29, 1.82) is 0 Å². The maximum Gasteiger partial charge on any atom is 0.224 e. The molecule has 0 aromatic heterocycles. The quantitative estimate of drug-likeness (QED) is 0.515. The number of ether oxygens (including phenoxy) is 1. The van der Waals surface area contributed by atoms with Crippen LogP contribution in [-0.4, -0.2) is 5.91 Å². The highest BCUT2D eigenvalue weighted by molar-refractivity contribution is 6.31. The second-order valence-electron chi connectivity index (χ2n) is 6.44. The van der Waals surface area contributed by atoms with Gasteiger partial charge in [0.05, 0.1) is 5.69 Å². The molecule has 0 unspecified atom stereocenters. The predicted octanol–water partition coefficient (Wildman–Crippen LogP) is 6.40. The molecule has 3 aromatic rings. The number of amides is 1. The Morgan fingerprint density at radius 1 is 1.00 bits per heavy atom. The normalized spacial score (nSPS) is 10.4. The van der Waals surface area contributed by atoms with Gasteiger partial charge in [-0.2, -0.15) is 0 Å². The molecule has 138 valence electrons. The Hall–Kier alpha value is -2.78. The molecular formula is C23H22ClNO2. The van der Waals surface area contributed by atoms with Crippen molar-refractivity contribution in [3.05, 3.63) is 88.9 Å². The van der Waals surface area contributed by atoms with E-state index in [4.69, 9.17) is 16.3 Å². The standard InChI is InChI=1S/C23H22ClNO2/c1-17-10-12-18(13-11-17)6-5-9-23(26)25-21-16-19(24)14-15-22(21)27-20-7-3-2-4-8-20/h2-4,7-8,10-16H,5-6,9H2,1H3,(H,25,26). The van der Waals surface area contributed by atoms with Gasteiger partial charge in [-0.05, 0) is 55.7 Å². The fourth-order valence-corrected chi connectivity index (χ4v) is 2.90. The van der Waals surface area contributed by atoms with Gasteiger partial charge in [0.1, 0.15) is 5.75 Å². The molecular weight excluding hydrogens is 358 g/mol. The minimum absolute atomic E-state index is 0.0534. The summed E-state index contributed by atoms with van der Waals surface area (Å²) in [5.74, 6) is 1.22. The summed E-state index contributed by atoms with van der Waals surface area (Å²) in [6, 6.07) is 23.1. The minimum atomic E-state index is -0.0534. The number of hydrogen-bond acceptors (Lipinski definition) is 2. The first-order chi connectivity index (χ1) is 13.1. The van der Waals surface area contributed by atoms with E-state index < -0.39 is 0 Å². The Bertz CT molecular complexity index is 892. The van der Waals surface area contributed by atoms with Gasteiger partial charge < -0.3 is 10.1 Å². The fourth-order valence-electron chi connectivity index (χ4n) is 2.72. The third-order valence-electron chi connectivity index (χ3n) is 4.18. The summed E-state index contributed by atoms with van der Waals surface area (Å²) in [7, 11) is 0. The van der Waals surface area contributed by atoms with Crippen LogP contribution in [0.3, 0.4) is 0 Å². The maximum atomic E-state index is 12.4. The van der Waals surface area contributed by atoms with Gasteiger partial charge in [-0.3, -0.25) is 4.79 Å². The number of rotatable bonds is 7. The van der Waals surface area contributed by atoms with Crippen molar-refractivity contribution < 1.29 is 9.53 Å². The van der Waals surface area contributed by atoms with Crippen LogP contribution in [0.15, 0.2) is 72.8 Å². The van der Waals surface area contributed by atoms with Crippen molar-refractivity contribution in [2.75, 3.05) is 5.32 Å². The van der Waals surface area contributed by atoms with E-state index in [9.17, 15) is 4.79 Å². The topological polar surface area (TPSA) is 38.3 Å². The molecule has 27 heavy (non-hydrogen) atoms. The monoisotopic (exact) mass is 379 g/mol. The lowest BCUT2D eigenvalue weighted by molar-refractivity contribution is -0.116. The summed E-state index contributed by atoms with van der Waals surface area (Å²) in [6.07, 6.45) is 2.09. The molecule has 3 aromatic carbocycles. The minimum Gasteiger partial charge on any atom is -0.455 e. The van der Waals surface area contributed by atoms with Crippen molar-refractivity contribution in [1.82, 2.24) is 0 Å². The van der Waals surface area contributed by atoms with Gasteiger partial charge >= 0.3 is 0 Å². The van der Waals surface area contributed by atoms with E-state index in [1.54, 1.807) is 18.2 Å². The average molecular weight is 380 g/mol. The molecule has 0 atom stereocenters. The largest absolute Gasteiger partial charge is 0.455 e. The highest BCUT2D eigenvalue weighted by Gasteiger charge is 2.10. The number of para-hydroxylation sites is 1. The van der Waals surface area contributed by atoms with Gasteiger partial charge in [0.25, 0.3) is 0 Å². The highest BCUT2D eigenvalue weighted by atomic mass is 35.5. The molecule has 0 aliphatic rings. The van der Waals surface area contributed by atoms with E-state index in [-0.39, 0.29) is 5.91 Å². The van der Waals surface area contributed by atoms with E-state index in [1.165, 1.54) is 11.1 Å². The molecule has 0 spiro atoms. The Morgan fingerprint density at radius 2 is 1.74 bits per heavy atom. The lowest BCUT2D eigenvalue weighted by atomic mass is 10.1. The van der Waals surface area contributed by atoms with E-state index in [0.29, 0.717) is 28.6 Å². The van der Waals surface area contributed by atoms with Gasteiger partial charge in [0, 0.05) is 11.4 Å². The molecule has 0 saturated carbocycles. The van der Waals surface area contributed by atoms with E-state index >= 15 is 0 Å². The predicted molar refractivity (Wildman–Crippen MR) is 111 cm³/mol. The second kappa shape index (κ2) is 9.24. The zero-order valence-corrected chi connectivity index (χ0v) is 16.0. The van der Waals surface area contributed by atoms with Crippen molar-refractivity contribution in [2.24, 2.45) is 0 Å². The molecule has 3 rings (SSSR count). The maximum absolute atomic E-state index is 12.4. The van der Waals surface area contributed by atoms with Gasteiger partial charge in [-0.1, -0.05) is 59.6 Å². The van der Waals surface area contributed by atoms with E-state index in [2.05, 4.69) is 36.5 Å². The number of aryl methyl sites for hydroxylation is 2. The van der Waals surface area contributed by atoms with Gasteiger partial charge in [-0.25, -0.2) is 0 Å². The Labute approximate surface area is 164 Å². The Balaban J connectivity index is 1.59. The fraction of sp³-hybridized carbons (Fsp3) is 0.174. The van der Waals surface area contributed by atoms with E-state index in [1.807, 2.05) is 30.3 Å². The lowest BCUT2D eigenvalue weighted by Crippen LogP contribution is -2.12. The van der Waals surface area contributed by atoms with Gasteiger partial charge in [-0.15, -0.1) is 0 Å². The Kier molecular flexibility index (Phi) is 6.50. The SMILES string of the molecule is Cc1ccc(CCCC(=O)Nc2cc(Cl)ccc2Oc2ccccc2)cc1. The lowest BCUT2D eigenvalue weighted by Gasteiger charge is -2.13. The summed E-state index contributed by atoms with van der Waals surface area (Å²) in [6.45, 7) is 2.07. The number of nitrogens with one attached hydrogen (secondary N) is 1.